The van der Waals surface area contributed by atoms with E-state index in [4.69, 9.17) is 4.42 Å². The Morgan fingerprint density at radius 2 is 1.64 bits per heavy atom. The van der Waals surface area contributed by atoms with Crippen LogP contribution in [0.4, 0.5) is 5.69 Å². The zero-order valence-electron chi connectivity index (χ0n) is 14.7. The molecule has 0 saturated heterocycles. The predicted molar refractivity (Wildman–Crippen MR) is 104 cm³/mol. The molecule has 3 rings (SSSR count). The van der Waals surface area contributed by atoms with Crippen LogP contribution in [0.1, 0.15) is 16.1 Å². The monoisotopic (exact) mass is 397 g/mol. The molecular weight excluding hydrogens is 382 g/mol. The molecule has 0 unspecified atom stereocenters. The fraction of sp³-hybridized carbons (Fsp3) is 0.0500. The summed E-state index contributed by atoms with van der Waals surface area (Å²) < 4.78 is 28.5. The maximum absolute atomic E-state index is 12.2. The van der Waals surface area contributed by atoms with Crippen LogP contribution in [0, 0.1) is 10.1 Å². The summed E-state index contributed by atoms with van der Waals surface area (Å²) in [5.41, 5.74) is 1.02. The second kappa shape index (κ2) is 7.61. The highest BCUT2D eigenvalue weighted by molar-refractivity contribution is 7.90. The summed E-state index contributed by atoms with van der Waals surface area (Å²) >= 11 is 0. The molecule has 0 aliphatic heterocycles. The fourth-order valence-electron chi connectivity index (χ4n) is 2.47. The molecule has 0 atom stereocenters. The number of furan rings is 1. The first-order valence-electron chi connectivity index (χ1n) is 8.11. The van der Waals surface area contributed by atoms with Crippen molar-refractivity contribution < 1.29 is 22.6 Å². The van der Waals surface area contributed by atoms with Crippen molar-refractivity contribution in [2.45, 2.75) is 4.90 Å². The molecule has 1 aromatic heterocycles. The van der Waals surface area contributed by atoms with Crippen LogP contribution in [0.2, 0.25) is 0 Å². The van der Waals surface area contributed by atoms with Gasteiger partial charge in [0.25, 0.3) is 5.69 Å². The number of carbonyl (C=O) groups is 1. The summed E-state index contributed by atoms with van der Waals surface area (Å²) in [4.78, 5) is 22.6. The summed E-state index contributed by atoms with van der Waals surface area (Å²) in [5, 5.41) is 10.7. The lowest BCUT2D eigenvalue weighted by Gasteiger charge is -1.99. The van der Waals surface area contributed by atoms with Crippen LogP contribution in [0.3, 0.4) is 0 Å². The summed E-state index contributed by atoms with van der Waals surface area (Å²) in [7, 11) is -3.31. The van der Waals surface area contributed by atoms with Gasteiger partial charge in [0.1, 0.15) is 11.5 Å². The van der Waals surface area contributed by atoms with Gasteiger partial charge < -0.3 is 4.42 Å². The Bertz CT molecular complexity index is 1160. The van der Waals surface area contributed by atoms with Crippen LogP contribution < -0.4 is 0 Å². The molecule has 142 valence electrons. The van der Waals surface area contributed by atoms with Gasteiger partial charge in [-0.05, 0) is 60.7 Å². The van der Waals surface area contributed by atoms with E-state index in [1.165, 1.54) is 48.6 Å². The predicted octanol–water partition coefficient (Wildman–Crippen LogP) is 4.15. The molecular formula is C20H15NO6S. The smallest absolute Gasteiger partial charge is 0.269 e. The zero-order valence-corrected chi connectivity index (χ0v) is 15.5. The van der Waals surface area contributed by atoms with Crippen LogP contribution in [0.5, 0.6) is 0 Å². The topological polar surface area (TPSA) is 107 Å². The number of hydrogen-bond acceptors (Lipinski definition) is 6. The Labute approximate surface area is 161 Å². The number of sulfone groups is 1. The summed E-state index contributed by atoms with van der Waals surface area (Å²) in [6.45, 7) is 0. The second-order valence-corrected chi connectivity index (χ2v) is 8.02. The molecule has 3 aromatic rings. The number of allylic oxidation sites excluding steroid dienone is 1. The number of hydrogen-bond donors (Lipinski definition) is 0. The standard InChI is InChI=1S/C20H15NO6S/c1-28(25,26)18-10-4-14(5-11-18)19(22)12-8-17-9-13-20(27-17)15-2-6-16(7-3-15)21(23)24/h2-13H,1H3/b12-8+. The van der Waals surface area contributed by atoms with Crippen LogP contribution in [-0.2, 0) is 9.84 Å². The van der Waals surface area contributed by atoms with Crippen molar-refractivity contribution in [3.05, 3.63) is 88.2 Å². The van der Waals surface area contributed by atoms with E-state index in [1.807, 2.05) is 0 Å². The lowest BCUT2D eigenvalue weighted by atomic mass is 10.1. The van der Waals surface area contributed by atoms with Crippen LogP contribution in [-0.4, -0.2) is 25.4 Å². The highest BCUT2D eigenvalue weighted by Crippen LogP contribution is 2.25. The van der Waals surface area contributed by atoms with Gasteiger partial charge in [-0.2, -0.15) is 0 Å². The Morgan fingerprint density at radius 1 is 1.00 bits per heavy atom. The highest BCUT2D eigenvalue weighted by atomic mass is 32.2. The van der Waals surface area contributed by atoms with Crippen molar-refractivity contribution in [1.29, 1.82) is 0 Å². The molecule has 0 spiro atoms. The minimum absolute atomic E-state index is 0.0112. The maximum atomic E-state index is 12.2. The van der Waals surface area contributed by atoms with Crippen molar-refractivity contribution in [3.8, 4) is 11.3 Å². The average Bonchev–Trinajstić information content (AvgIpc) is 3.14. The summed E-state index contributed by atoms with van der Waals surface area (Å²) in [5.74, 6) is 0.655. The first kappa shape index (κ1) is 19.2. The van der Waals surface area contributed by atoms with Gasteiger partial charge in [0.2, 0.25) is 0 Å². The average molecular weight is 397 g/mol. The second-order valence-electron chi connectivity index (χ2n) is 6.00. The first-order chi connectivity index (χ1) is 13.2. The van der Waals surface area contributed by atoms with Crippen LogP contribution >= 0.6 is 0 Å². The lowest BCUT2D eigenvalue weighted by Crippen LogP contribution is -1.99. The van der Waals surface area contributed by atoms with E-state index in [0.29, 0.717) is 22.6 Å². The van der Waals surface area contributed by atoms with Crippen molar-refractivity contribution >= 4 is 27.4 Å². The number of carbonyl (C=O) groups excluding carboxylic acids is 1. The number of nitro benzene ring substituents is 1. The molecule has 2 aromatic carbocycles. The molecule has 0 radical (unpaired) electrons. The van der Waals surface area contributed by atoms with Gasteiger partial charge in [0.05, 0.1) is 9.82 Å². The normalized spacial score (nSPS) is 11.6. The molecule has 0 aliphatic rings. The van der Waals surface area contributed by atoms with Crippen molar-refractivity contribution in [2.24, 2.45) is 0 Å². The number of nitro groups is 1. The van der Waals surface area contributed by atoms with Crippen molar-refractivity contribution in [2.75, 3.05) is 6.26 Å². The lowest BCUT2D eigenvalue weighted by molar-refractivity contribution is -0.384. The molecule has 7 nitrogen and oxygen atoms in total. The van der Waals surface area contributed by atoms with E-state index in [-0.39, 0.29) is 16.4 Å². The maximum Gasteiger partial charge on any atom is 0.269 e. The highest BCUT2D eigenvalue weighted by Gasteiger charge is 2.10. The number of nitrogens with zero attached hydrogens (tertiary/aromatic N) is 1. The number of benzene rings is 2. The van der Waals surface area contributed by atoms with Crippen molar-refractivity contribution in [3.63, 3.8) is 0 Å². The minimum atomic E-state index is -3.31. The number of rotatable bonds is 6. The van der Waals surface area contributed by atoms with Gasteiger partial charge >= 0.3 is 0 Å². The zero-order chi connectivity index (χ0) is 20.3. The Kier molecular flexibility index (Phi) is 5.23. The van der Waals surface area contributed by atoms with Gasteiger partial charge in [-0.1, -0.05) is 0 Å². The molecule has 28 heavy (non-hydrogen) atoms. The largest absolute Gasteiger partial charge is 0.457 e. The summed E-state index contributed by atoms with van der Waals surface area (Å²) in [6.07, 6.45) is 3.93. The van der Waals surface area contributed by atoms with Crippen molar-refractivity contribution in [1.82, 2.24) is 0 Å². The van der Waals surface area contributed by atoms with Gasteiger partial charge in [0.15, 0.2) is 15.6 Å². The van der Waals surface area contributed by atoms with Crippen LogP contribution in [0.15, 0.2) is 76.1 Å². The third-order valence-electron chi connectivity index (χ3n) is 3.96. The van der Waals surface area contributed by atoms with Gasteiger partial charge in [-0.25, -0.2) is 8.42 Å². The van der Waals surface area contributed by atoms with E-state index < -0.39 is 14.8 Å². The molecule has 0 bridgehead atoms. The third kappa shape index (κ3) is 4.41. The number of non-ortho nitro benzene ring substituents is 1. The minimum Gasteiger partial charge on any atom is -0.457 e. The molecule has 8 heteroatoms. The molecule has 0 saturated carbocycles. The van der Waals surface area contributed by atoms with E-state index >= 15 is 0 Å². The van der Waals surface area contributed by atoms with E-state index in [0.717, 1.165) is 6.26 Å². The SMILES string of the molecule is CS(=O)(=O)c1ccc(C(=O)/C=C/c2ccc(-c3ccc([N+](=O)[O-])cc3)o2)cc1. The van der Waals surface area contributed by atoms with E-state index in [1.54, 1.807) is 24.3 Å². The molecule has 0 fully saturated rings. The van der Waals surface area contributed by atoms with Gasteiger partial charge in [0, 0.05) is 29.5 Å². The quantitative estimate of drug-likeness (QED) is 0.268. The molecule has 0 amide bonds. The third-order valence-corrected chi connectivity index (χ3v) is 5.08. The van der Waals surface area contributed by atoms with E-state index in [2.05, 4.69) is 0 Å². The first-order valence-corrected chi connectivity index (χ1v) is 10.0. The van der Waals surface area contributed by atoms with Crippen LogP contribution in [0.25, 0.3) is 17.4 Å². The Balaban J connectivity index is 1.73. The fourth-order valence-corrected chi connectivity index (χ4v) is 3.10. The molecule has 1 heterocycles. The summed E-state index contributed by atoms with van der Waals surface area (Å²) in [6, 6.07) is 15.0. The van der Waals surface area contributed by atoms with Gasteiger partial charge in [-0.15, -0.1) is 0 Å². The number of ketones is 1. The van der Waals surface area contributed by atoms with E-state index in [9.17, 15) is 23.3 Å². The molecule has 0 N–H and O–H groups in total. The van der Waals surface area contributed by atoms with Gasteiger partial charge in [-0.3, -0.25) is 14.9 Å². The Hall–Kier alpha value is -3.52. The Morgan fingerprint density at radius 3 is 2.21 bits per heavy atom. The molecule has 0 aliphatic carbocycles.